The third-order valence-electron chi connectivity index (χ3n) is 4.09. The third kappa shape index (κ3) is 3.43. The van der Waals surface area contributed by atoms with Gasteiger partial charge in [-0.05, 0) is 55.7 Å². The van der Waals surface area contributed by atoms with Crippen molar-refractivity contribution in [1.29, 1.82) is 0 Å². The van der Waals surface area contributed by atoms with Gasteiger partial charge in [-0.25, -0.2) is 4.39 Å². The monoisotopic (exact) mass is 287 g/mol. The second-order valence-electron chi connectivity index (χ2n) is 5.82. The third-order valence-corrected chi connectivity index (χ3v) is 4.09. The molecule has 2 fully saturated rings. The average molecular weight is 287 g/mol. The van der Waals surface area contributed by atoms with Crippen LogP contribution in [0.3, 0.4) is 0 Å². The highest BCUT2D eigenvalue weighted by Crippen LogP contribution is 2.44. The lowest BCUT2D eigenvalue weighted by Crippen LogP contribution is -2.38. The Bertz CT molecular complexity index is 597. The summed E-state index contributed by atoms with van der Waals surface area (Å²) in [7, 11) is 0. The molecular formula is C17H18FNO2. The van der Waals surface area contributed by atoms with Crippen molar-refractivity contribution >= 4 is 5.91 Å². The average Bonchev–Trinajstić information content (AvgIpc) is 3.35. The Hall–Kier alpha value is -1.86. The molecule has 1 aromatic rings. The lowest BCUT2D eigenvalue weighted by molar-refractivity contribution is 0.0926. The minimum atomic E-state index is -0.435. The number of carbonyl (C=O) groups is 1. The molecular weight excluding hydrogens is 269 g/mol. The van der Waals surface area contributed by atoms with Crippen LogP contribution in [0.15, 0.2) is 18.2 Å². The predicted octanol–water partition coefficient (Wildman–Crippen LogP) is 2.09. The molecule has 0 atom stereocenters. The molecule has 2 N–H and O–H groups in total. The minimum absolute atomic E-state index is 0.193. The van der Waals surface area contributed by atoms with Crippen molar-refractivity contribution in [2.45, 2.75) is 31.7 Å². The number of hydrogen-bond donors (Lipinski definition) is 2. The summed E-state index contributed by atoms with van der Waals surface area (Å²) in [6.07, 6.45) is 4.73. The van der Waals surface area contributed by atoms with E-state index in [1.165, 1.54) is 43.9 Å². The Morgan fingerprint density at radius 2 is 2.00 bits per heavy atom. The lowest BCUT2D eigenvalue weighted by Gasteiger charge is -2.18. The molecule has 2 aliphatic rings. The molecule has 0 unspecified atom stereocenters. The maximum absolute atomic E-state index is 13.3. The fourth-order valence-corrected chi connectivity index (χ4v) is 2.71. The van der Waals surface area contributed by atoms with E-state index in [1.54, 1.807) is 0 Å². The van der Waals surface area contributed by atoms with Gasteiger partial charge in [0.05, 0.1) is 5.56 Å². The zero-order valence-electron chi connectivity index (χ0n) is 11.7. The normalized spacial score (nSPS) is 17.3. The Morgan fingerprint density at radius 1 is 1.33 bits per heavy atom. The first-order chi connectivity index (χ1) is 10.2. The lowest BCUT2D eigenvalue weighted by atomic mass is 10.0. The molecule has 3 rings (SSSR count). The molecule has 1 amide bonds. The Kier molecular flexibility index (Phi) is 3.94. The van der Waals surface area contributed by atoms with Crippen molar-refractivity contribution in [2.75, 3.05) is 6.61 Å². The van der Waals surface area contributed by atoms with Gasteiger partial charge in [-0.2, -0.15) is 0 Å². The molecule has 3 nitrogen and oxygen atoms in total. The van der Waals surface area contributed by atoms with Crippen molar-refractivity contribution in [2.24, 2.45) is 11.8 Å². The Balaban J connectivity index is 1.79. The number of amides is 1. The summed E-state index contributed by atoms with van der Waals surface area (Å²) in [6.45, 7) is -0.315. The standard InChI is InChI=1S/C17H18FNO2/c18-14-7-8-15(13(10-14)2-1-9-20)17(21)19-16(11-3-4-11)12-5-6-12/h7-8,10-12,16,20H,3-6,9H2,(H,19,21). The van der Waals surface area contributed by atoms with Gasteiger partial charge in [-0.1, -0.05) is 11.8 Å². The Morgan fingerprint density at radius 3 is 2.57 bits per heavy atom. The van der Waals surface area contributed by atoms with Gasteiger partial charge in [0, 0.05) is 11.6 Å². The van der Waals surface area contributed by atoms with Gasteiger partial charge in [0.25, 0.3) is 5.91 Å². The SMILES string of the molecule is O=C(NC(C1CC1)C1CC1)c1ccc(F)cc1C#CCO. The zero-order chi connectivity index (χ0) is 14.8. The highest BCUT2D eigenvalue weighted by atomic mass is 19.1. The van der Waals surface area contributed by atoms with E-state index in [1.807, 2.05) is 0 Å². The van der Waals surface area contributed by atoms with Crippen LogP contribution in [0.1, 0.15) is 41.6 Å². The van der Waals surface area contributed by atoms with Gasteiger partial charge < -0.3 is 10.4 Å². The molecule has 0 spiro atoms. The van der Waals surface area contributed by atoms with Crippen LogP contribution in [0.25, 0.3) is 0 Å². The van der Waals surface area contributed by atoms with Crippen LogP contribution in [-0.4, -0.2) is 23.7 Å². The van der Waals surface area contributed by atoms with Crippen LogP contribution in [0, 0.1) is 29.5 Å². The number of aliphatic hydroxyl groups is 1. The van der Waals surface area contributed by atoms with Gasteiger partial charge in [-0.3, -0.25) is 4.79 Å². The highest BCUT2D eigenvalue weighted by Gasteiger charge is 2.42. The summed E-state index contributed by atoms with van der Waals surface area (Å²) in [5.74, 6) is 5.70. The predicted molar refractivity (Wildman–Crippen MR) is 77.1 cm³/mol. The fraction of sp³-hybridized carbons (Fsp3) is 0.471. The van der Waals surface area contributed by atoms with Gasteiger partial charge in [0.2, 0.25) is 0 Å². The molecule has 0 radical (unpaired) electrons. The first-order valence-corrected chi connectivity index (χ1v) is 7.39. The van der Waals surface area contributed by atoms with Crippen LogP contribution in [0.5, 0.6) is 0 Å². The Labute approximate surface area is 123 Å². The number of rotatable bonds is 4. The van der Waals surface area contributed by atoms with E-state index in [0.717, 1.165) is 0 Å². The van der Waals surface area contributed by atoms with Crippen LogP contribution in [-0.2, 0) is 0 Å². The smallest absolute Gasteiger partial charge is 0.252 e. The zero-order valence-corrected chi connectivity index (χ0v) is 11.7. The molecule has 21 heavy (non-hydrogen) atoms. The molecule has 0 aromatic heterocycles. The van der Waals surface area contributed by atoms with Gasteiger partial charge in [0.1, 0.15) is 12.4 Å². The number of aliphatic hydroxyl groups excluding tert-OH is 1. The maximum Gasteiger partial charge on any atom is 0.252 e. The molecule has 0 aliphatic heterocycles. The van der Waals surface area contributed by atoms with Crippen LogP contribution < -0.4 is 5.32 Å². The van der Waals surface area contributed by atoms with E-state index in [0.29, 0.717) is 23.0 Å². The fourth-order valence-electron chi connectivity index (χ4n) is 2.71. The second-order valence-corrected chi connectivity index (χ2v) is 5.82. The summed E-state index contributed by atoms with van der Waals surface area (Å²) >= 11 is 0. The molecule has 2 aliphatic carbocycles. The number of halogens is 1. The topological polar surface area (TPSA) is 49.3 Å². The number of nitrogens with one attached hydrogen (secondary N) is 1. The van der Waals surface area contributed by atoms with Crippen LogP contribution >= 0.6 is 0 Å². The molecule has 0 heterocycles. The summed E-state index contributed by atoms with van der Waals surface area (Å²) in [6, 6.07) is 4.22. The van der Waals surface area contributed by atoms with Crippen molar-refractivity contribution in [1.82, 2.24) is 5.32 Å². The molecule has 4 heteroatoms. The van der Waals surface area contributed by atoms with E-state index in [-0.39, 0.29) is 18.6 Å². The van der Waals surface area contributed by atoms with Crippen molar-refractivity contribution in [3.63, 3.8) is 0 Å². The molecule has 1 aromatic carbocycles. The van der Waals surface area contributed by atoms with Crippen LogP contribution in [0.4, 0.5) is 4.39 Å². The van der Waals surface area contributed by atoms with Crippen molar-refractivity contribution in [3.05, 3.63) is 35.1 Å². The van der Waals surface area contributed by atoms with Crippen molar-refractivity contribution in [3.8, 4) is 11.8 Å². The first-order valence-electron chi connectivity index (χ1n) is 7.39. The molecule has 0 bridgehead atoms. The summed E-state index contributed by atoms with van der Waals surface area (Å²) in [4.78, 5) is 12.5. The second kappa shape index (κ2) is 5.87. The number of hydrogen-bond acceptors (Lipinski definition) is 2. The van der Waals surface area contributed by atoms with Crippen molar-refractivity contribution < 1.29 is 14.3 Å². The van der Waals surface area contributed by atoms with Crippen LogP contribution in [0.2, 0.25) is 0 Å². The quantitative estimate of drug-likeness (QED) is 0.833. The first kappa shape index (κ1) is 14.1. The van der Waals surface area contributed by atoms with E-state index in [9.17, 15) is 9.18 Å². The van der Waals surface area contributed by atoms with E-state index >= 15 is 0 Å². The maximum atomic E-state index is 13.3. The molecule has 2 saturated carbocycles. The molecule has 110 valence electrons. The number of carbonyl (C=O) groups excluding carboxylic acids is 1. The largest absolute Gasteiger partial charge is 0.384 e. The van der Waals surface area contributed by atoms with Gasteiger partial charge in [-0.15, -0.1) is 0 Å². The highest BCUT2D eigenvalue weighted by molar-refractivity contribution is 5.97. The minimum Gasteiger partial charge on any atom is -0.384 e. The van der Waals surface area contributed by atoms with E-state index in [4.69, 9.17) is 5.11 Å². The van der Waals surface area contributed by atoms with Gasteiger partial charge in [0.15, 0.2) is 0 Å². The summed E-state index contributed by atoms with van der Waals surface area (Å²) < 4.78 is 13.3. The number of benzene rings is 1. The molecule has 0 saturated heterocycles. The van der Waals surface area contributed by atoms with Gasteiger partial charge >= 0.3 is 0 Å². The van der Waals surface area contributed by atoms with E-state index in [2.05, 4.69) is 17.2 Å². The summed E-state index contributed by atoms with van der Waals surface area (Å²) in [5.41, 5.74) is 0.704. The van der Waals surface area contributed by atoms with E-state index < -0.39 is 5.82 Å². The summed E-state index contributed by atoms with van der Waals surface area (Å²) in [5, 5.41) is 11.9.